The zero-order chi connectivity index (χ0) is 13.4. The number of pyridine rings is 1. The second kappa shape index (κ2) is 4.24. The molecule has 0 bridgehead atoms. The number of rotatable bonds is 2. The van der Waals surface area contributed by atoms with Gasteiger partial charge in [-0.2, -0.15) is 0 Å². The van der Waals surface area contributed by atoms with Crippen molar-refractivity contribution in [3.05, 3.63) is 54.0 Å². The van der Waals surface area contributed by atoms with Gasteiger partial charge in [0.15, 0.2) is 11.3 Å². The lowest BCUT2D eigenvalue weighted by atomic mass is 10.0. The van der Waals surface area contributed by atoms with Gasteiger partial charge >= 0.3 is 0 Å². The largest absolute Gasteiger partial charge is 0.449 e. The number of furan rings is 1. The standard InChI is InChI=1S/C15H12N2O2/c1-9-13-11(10-5-3-2-4-6-10)7-17-8-12(13)19-14(9)15(16)18/h2-8H,1H3,(H2,16,18). The summed E-state index contributed by atoms with van der Waals surface area (Å²) in [4.78, 5) is 15.5. The van der Waals surface area contributed by atoms with Crippen molar-refractivity contribution in [1.82, 2.24) is 4.98 Å². The molecule has 0 saturated heterocycles. The number of nitrogens with two attached hydrogens (primary N) is 1. The fraction of sp³-hybridized carbons (Fsp3) is 0.0667. The Morgan fingerprint density at radius 2 is 1.95 bits per heavy atom. The highest BCUT2D eigenvalue weighted by Crippen LogP contribution is 2.33. The molecule has 2 N–H and O–H groups in total. The molecule has 0 saturated carbocycles. The summed E-state index contributed by atoms with van der Waals surface area (Å²) < 4.78 is 5.49. The van der Waals surface area contributed by atoms with Crippen LogP contribution in [0.15, 0.2) is 47.1 Å². The molecular weight excluding hydrogens is 240 g/mol. The van der Waals surface area contributed by atoms with Crippen molar-refractivity contribution in [3.8, 4) is 11.1 Å². The third-order valence-electron chi connectivity index (χ3n) is 3.15. The lowest BCUT2D eigenvalue weighted by Crippen LogP contribution is -2.10. The molecule has 0 spiro atoms. The van der Waals surface area contributed by atoms with E-state index in [1.807, 2.05) is 37.3 Å². The van der Waals surface area contributed by atoms with Crippen LogP contribution in [0.2, 0.25) is 0 Å². The molecule has 1 aromatic carbocycles. The normalized spacial score (nSPS) is 10.8. The molecule has 0 atom stereocenters. The summed E-state index contributed by atoms with van der Waals surface area (Å²) in [5, 5.41) is 0.884. The summed E-state index contributed by atoms with van der Waals surface area (Å²) in [5.74, 6) is -0.368. The zero-order valence-corrected chi connectivity index (χ0v) is 10.4. The van der Waals surface area contributed by atoms with E-state index in [0.717, 1.165) is 22.1 Å². The molecule has 0 aliphatic carbocycles. The summed E-state index contributed by atoms with van der Waals surface area (Å²) >= 11 is 0. The summed E-state index contributed by atoms with van der Waals surface area (Å²) in [6, 6.07) is 9.85. The summed E-state index contributed by atoms with van der Waals surface area (Å²) in [6.07, 6.45) is 3.37. The fourth-order valence-electron chi connectivity index (χ4n) is 2.28. The van der Waals surface area contributed by atoms with E-state index in [0.29, 0.717) is 5.58 Å². The van der Waals surface area contributed by atoms with E-state index in [1.165, 1.54) is 0 Å². The van der Waals surface area contributed by atoms with E-state index in [9.17, 15) is 4.79 Å². The third-order valence-corrected chi connectivity index (χ3v) is 3.15. The van der Waals surface area contributed by atoms with Crippen molar-refractivity contribution in [1.29, 1.82) is 0 Å². The third kappa shape index (κ3) is 1.78. The van der Waals surface area contributed by atoms with Crippen LogP contribution in [-0.4, -0.2) is 10.9 Å². The van der Waals surface area contributed by atoms with Gasteiger partial charge in [0.1, 0.15) is 0 Å². The first kappa shape index (κ1) is 11.5. The van der Waals surface area contributed by atoms with E-state index in [-0.39, 0.29) is 5.76 Å². The Bertz CT molecular complexity index is 760. The van der Waals surface area contributed by atoms with Gasteiger partial charge in [-0.25, -0.2) is 0 Å². The first-order valence-electron chi connectivity index (χ1n) is 5.91. The highest BCUT2D eigenvalue weighted by Gasteiger charge is 2.18. The molecule has 0 fully saturated rings. The van der Waals surface area contributed by atoms with E-state index < -0.39 is 5.91 Å². The fourth-order valence-corrected chi connectivity index (χ4v) is 2.28. The van der Waals surface area contributed by atoms with Gasteiger partial charge in [-0.3, -0.25) is 9.78 Å². The average Bonchev–Trinajstić information content (AvgIpc) is 2.78. The number of hydrogen-bond acceptors (Lipinski definition) is 3. The van der Waals surface area contributed by atoms with Crippen molar-refractivity contribution < 1.29 is 9.21 Å². The molecule has 2 heterocycles. The number of primary amides is 1. The van der Waals surface area contributed by atoms with Crippen LogP contribution in [0.3, 0.4) is 0 Å². The second-order valence-corrected chi connectivity index (χ2v) is 4.35. The average molecular weight is 252 g/mol. The van der Waals surface area contributed by atoms with Gasteiger partial charge in [0.05, 0.1) is 6.20 Å². The van der Waals surface area contributed by atoms with Gasteiger partial charge in [-0.1, -0.05) is 30.3 Å². The van der Waals surface area contributed by atoms with Crippen LogP contribution in [0, 0.1) is 6.92 Å². The summed E-state index contributed by atoms with van der Waals surface area (Å²) in [5.41, 5.74) is 8.61. The first-order valence-corrected chi connectivity index (χ1v) is 5.91. The number of hydrogen-bond donors (Lipinski definition) is 1. The molecule has 19 heavy (non-hydrogen) atoms. The van der Waals surface area contributed by atoms with Crippen molar-refractivity contribution in [2.45, 2.75) is 6.92 Å². The molecule has 0 aliphatic heterocycles. The monoisotopic (exact) mass is 252 g/mol. The molecule has 3 aromatic rings. The van der Waals surface area contributed by atoms with E-state index in [4.69, 9.17) is 10.2 Å². The van der Waals surface area contributed by atoms with E-state index >= 15 is 0 Å². The van der Waals surface area contributed by atoms with Crippen molar-refractivity contribution in [2.75, 3.05) is 0 Å². The molecule has 4 heteroatoms. The van der Waals surface area contributed by atoms with Crippen LogP contribution in [0.1, 0.15) is 16.1 Å². The van der Waals surface area contributed by atoms with Crippen LogP contribution >= 0.6 is 0 Å². The predicted octanol–water partition coefficient (Wildman–Crippen LogP) is 2.90. The van der Waals surface area contributed by atoms with Crippen LogP contribution in [-0.2, 0) is 0 Å². The predicted molar refractivity (Wildman–Crippen MR) is 72.7 cm³/mol. The Morgan fingerprint density at radius 3 is 2.63 bits per heavy atom. The van der Waals surface area contributed by atoms with Crippen molar-refractivity contribution in [3.63, 3.8) is 0 Å². The molecule has 0 unspecified atom stereocenters. The lowest BCUT2D eigenvalue weighted by molar-refractivity contribution is 0.0975. The number of aromatic nitrogens is 1. The minimum absolute atomic E-state index is 0.195. The number of amides is 1. The van der Waals surface area contributed by atoms with E-state index in [2.05, 4.69) is 4.98 Å². The molecular formula is C15H12N2O2. The smallest absolute Gasteiger partial charge is 0.284 e. The number of aryl methyl sites for hydroxylation is 1. The van der Waals surface area contributed by atoms with E-state index in [1.54, 1.807) is 12.4 Å². The molecule has 1 amide bonds. The maximum Gasteiger partial charge on any atom is 0.284 e. The SMILES string of the molecule is Cc1c(C(N)=O)oc2cncc(-c3ccccc3)c12. The van der Waals surface area contributed by atoms with Gasteiger partial charge < -0.3 is 10.2 Å². The highest BCUT2D eigenvalue weighted by atomic mass is 16.3. The van der Waals surface area contributed by atoms with Gasteiger partial charge in [0.2, 0.25) is 0 Å². The number of carbonyl (C=O) groups excluding carboxylic acids is 1. The van der Waals surface area contributed by atoms with Crippen LogP contribution in [0.5, 0.6) is 0 Å². The zero-order valence-electron chi connectivity index (χ0n) is 10.4. The topological polar surface area (TPSA) is 69.1 Å². The molecule has 94 valence electrons. The second-order valence-electron chi connectivity index (χ2n) is 4.35. The highest BCUT2D eigenvalue weighted by molar-refractivity contribution is 6.03. The Labute approximate surface area is 109 Å². The van der Waals surface area contributed by atoms with Crippen molar-refractivity contribution in [2.24, 2.45) is 5.73 Å². The molecule has 0 aliphatic rings. The molecule has 0 radical (unpaired) electrons. The van der Waals surface area contributed by atoms with Gasteiger partial charge in [-0.15, -0.1) is 0 Å². The maximum atomic E-state index is 11.3. The van der Waals surface area contributed by atoms with Gasteiger partial charge in [-0.05, 0) is 12.5 Å². The Hall–Kier alpha value is -2.62. The Kier molecular flexibility index (Phi) is 2.56. The quantitative estimate of drug-likeness (QED) is 0.762. The molecule has 4 nitrogen and oxygen atoms in total. The van der Waals surface area contributed by atoms with Gasteiger partial charge in [0.25, 0.3) is 5.91 Å². The first-order chi connectivity index (χ1) is 9.18. The lowest BCUT2D eigenvalue weighted by Gasteiger charge is -2.02. The van der Waals surface area contributed by atoms with Crippen LogP contribution in [0.25, 0.3) is 22.1 Å². The Balaban J connectivity index is 2.35. The minimum atomic E-state index is -0.562. The van der Waals surface area contributed by atoms with Crippen LogP contribution < -0.4 is 5.73 Å². The number of benzene rings is 1. The van der Waals surface area contributed by atoms with Crippen molar-refractivity contribution >= 4 is 16.9 Å². The number of carbonyl (C=O) groups is 1. The molecule has 3 rings (SSSR count). The summed E-state index contributed by atoms with van der Waals surface area (Å²) in [6.45, 7) is 1.83. The maximum absolute atomic E-state index is 11.3. The minimum Gasteiger partial charge on any atom is -0.449 e. The number of nitrogens with zero attached hydrogens (tertiary/aromatic N) is 1. The van der Waals surface area contributed by atoms with Crippen LogP contribution in [0.4, 0.5) is 0 Å². The Morgan fingerprint density at radius 1 is 1.21 bits per heavy atom. The number of fused-ring (bicyclic) bond motifs is 1. The molecule has 2 aromatic heterocycles. The summed E-state index contributed by atoms with van der Waals surface area (Å²) in [7, 11) is 0. The van der Waals surface area contributed by atoms with Gasteiger partial charge in [0, 0.05) is 22.7 Å².